The van der Waals surface area contributed by atoms with Gasteiger partial charge in [-0.25, -0.2) is 0 Å². The average molecular weight is 340 g/mol. The molecule has 0 atom stereocenters. The number of carbonyl (C=O) groups excluding carboxylic acids is 1. The lowest BCUT2D eigenvalue weighted by molar-refractivity contribution is 0.0778. The van der Waals surface area contributed by atoms with E-state index in [0.29, 0.717) is 13.2 Å². The first-order valence-electron chi connectivity index (χ1n) is 5.84. The lowest BCUT2D eigenvalue weighted by atomic mass is 10.3. The van der Waals surface area contributed by atoms with Crippen LogP contribution in [-0.4, -0.2) is 31.0 Å². The molecule has 1 aromatic heterocycles. The van der Waals surface area contributed by atoms with Gasteiger partial charge in [-0.15, -0.1) is 11.3 Å². The summed E-state index contributed by atoms with van der Waals surface area (Å²) in [5, 5.41) is 1.90. The quantitative estimate of drug-likeness (QED) is 0.831. The van der Waals surface area contributed by atoms with E-state index in [-0.39, 0.29) is 5.91 Å². The van der Waals surface area contributed by atoms with Crippen molar-refractivity contribution in [3.05, 3.63) is 51.1 Å². The highest BCUT2D eigenvalue weighted by Crippen LogP contribution is 2.16. The van der Waals surface area contributed by atoms with Gasteiger partial charge in [-0.3, -0.25) is 4.79 Å². The molecule has 0 aliphatic carbocycles. The molecule has 5 heteroatoms. The Kier molecular flexibility index (Phi) is 4.99. The zero-order valence-corrected chi connectivity index (χ0v) is 12.9. The average Bonchev–Trinajstić information content (AvgIpc) is 2.94. The maximum Gasteiger partial charge on any atom is 0.263 e. The highest BCUT2D eigenvalue weighted by molar-refractivity contribution is 9.10. The highest BCUT2D eigenvalue weighted by atomic mass is 79.9. The van der Waals surface area contributed by atoms with Gasteiger partial charge >= 0.3 is 0 Å². The molecule has 0 unspecified atom stereocenters. The van der Waals surface area contributed by atoms with Crippen LogP contribution in [0.1, 0.15) is 9.67 Å². The van der Waals surface area contributed by atoms with Crippen molar-refractivity contribution in [2.75, 3.05) is 20.2 Å². The zero-order chi connectivity index (χ0) is 13.7. The van der Waals surface area contributed by atoms with Crippen LogP contribution in [0.2, 0.25) is 0 Å². The number of halogens is 1. The third kappa shape index (κ3) is 4.08. The van der Waals surface area contributed by atoms with E-state index in [0.717, 1.165) is 15.1 Å². The normalized spacial score (nSPS) is 10.2. The van der Waals surface area contributed by atoms with Crippen LogP contribution >= 0.6 is 27.3 Å². The Balaban J connectivity index is 1.79. The number of benzene rings is 1. The SMILES string of the molecule is CN(CCOc1ccc(Br)cc1)C(=O)c1cccs1. The fraction of sp³-hybridized carbons (Fsp3) is 0.214. The largest absolute Gasteiger partial charge is 0.492 e. The van der Waals surface area contributed by atoms with Crippen LogP contribution in [0.4, 0.5) is 0 Å². The molecule has 0 bridgehead atoms. The molecular weight excluding hydrogens is 326 g/mol. The molecule has 0 spiro atoms. The van der Waals surface area contributed by atoms with E-state index in [1.165, 1.54) is 11.3 Å². The van der Waals surface area contributed by atoms with Gasteiger partial charge in [0.1, 0.15) is 12.4 Å². The van der Waals surface area contributed by atoms with E-state index < -0.39 is 0 Å². The van der Waals surface area contributed by atoms with E-state index in [2.05, 4.69) is 15.9 Å². The monoisotopic (exact) mass is 339 g/mol. The molecule has 3 nitrogen and oxygen atoms in total. The lowest BCUT2D eigenvalue weighted by Gasteiger charge is -2.16. The van der Waals surface area contributed by atoms with Crippen molar-refractivity contribution in [2.24, 2.45) is 0 Å². The predicted molar refractivity (Wildman–Crippen MR) is 80.9 cm³/mol. The molecule has 19 heavy (non-hydrogen) atoms. The van der Waals surface area contributed by atoms with Gasteiger partial charge in [0.2, 0.25) is 0 Å². The van der Waals surface area contributed by atoms with Crippen LogP contribution in [-0.2, 0) is 0 Å². The molecule has 0 aliphatic heterocycles. The van der Waals surface area contributed by atoms with Crippen LogP contribution in [0.25, 0.3) is 0 Å². The van der Waals surface area contributed by atoms with Crippen LogP contribution in [0.15, 0.2) is 46.3 Å². The van der Waals surface area contributed by atoms with Gasteiger partial charge < -0.3 is 9.64 Å². The van der Waals surface area contributed by atoms with Crippen molar-refractivity contribution in [2.45, 2.75) is 0 Å². The molecule has 100 valence electrons. The van der Waals surface area contributed by atoms with Crippen molar-refractivity contribution in [1.82, 2.24) is 4.90 Å². The van der Waals surface area contributed by atoms with Crippen molar-refractivity contribution in [3.63, 3.8) is 0 Å². The van der Waals surface area contributed by atoms with Crippen LogP contribution in [0, 0.1) is 0 Å². The second-order valence-corrected chi connectivity index (χ2v) is 5.87. The summed E-state index contributed by atoms with van der Waals surface area (Å²) < 4.78 is 6.61. The van der Waals surface area contributed by atoms with Crippen LogP contribution in [0.5, 0.6) is 5.75 Å². The topological polar surface area (TPSA) is 29.5 Å². The Morgan fingerprint density at radius 2 is 2.05 bits per heavy atom. The number of thiophene rings is 1. The van der Waals surface area contributed by atoms with Gasteiger partial charge in [-0.2, -0.15) is 0 Å². The van der Waals surface area contributed by atoms with Crippen LogP contribution in [0.3, 0.4) is 0 Å². The summed E-state index contributed by atoms with van der Waals surface area (Å²) in [6.45, 7) is 1.04. The summed E-state index contributed by atoms with van der Waals surface area (Å²) in [4.78, 5) is 14.4. The van der Waals surface area contributed by atoms with Gasteiger partial charge in [0.15, 0.2) is 0 Å². The molecular formula is C14H14BrNO2S. The van der Waals surface area contributed by atoms with E-state index in [4.69, 9.17) is 4.74 Å². The molecule has 1 amide bonds. The highest BCUT2D eigenvalue weighted by Gasteiger charge is 2.11. The first-order valence-corrected chi connectivity index (χ1v) is 7.51. The Morgan fingerprint density at radius 3 is 2.68 bits per heavy atom. The van der Waals surface area contributed by atoms with E-state index in [1.807, 2.05) is 41.8 Å². The maximum absolute atomic E-state index is 12.0. The number of rotatable bonds is 5. The third-order valence-electron chi connectivity index (χ3n) is 2.59. The first-order chi connectivity index (χ1) is 9.16. The molecule has 0 saturated heterocycles. The standard InChI is InChI=1S/C14H14BrNO2S/c1-16(14(17)13-3-2-10-19-13)8-9-18-12-6-4-11(15)5-7-12/h2-7,10H,8-9H2,1H3. The van der Waals surface area contributed by atoms with Crippen LogP contribution < -0.4 is 4.74 Å². The minimum Gasteiger partial charge on any atom is -0.492 e. The summed E-state index contributed by atoms with van der Waals surface area (Å²) in [7, 11) is 1.78. The summed E-state index contributed by atoms with van der Waals surface area (Å²) in [6.07, 6.45) is 0. The third-order valence-corrected chi connectivity index (χ3v) is 3.97. The van der Waals surface area contributed by atoms with Gasteiger partial charge in [0, 0.05) is 11.5 Å². The van der Waals surface area contributed by atoms with Crippen molar-refractivity contribution in [3.8, 4) is 5.75 Å². The fourth-order valence-corrected chi connectivity index (χ4v) is 2.50. The van der Waals surface area contributed by atoms with Gasteiger partial charge in [0.05, 0.1) is 11.4 Å². The predicted octanol–water partition coefficient (Wildman–Crippen LogP) is 3.66. The molecule has 1 heterocycles. The van der Waals surface area contributed by atoms with Gasteiger partial charge in [0.25, 0.3) is 5.91 Å². The second-order valence-electron chi connectivity index (χ2n) is 4.01. The first kappa shape index (κ1) is 14.1. The lowest BCUT2D eigenvalue weighted by Crippen LogP contribution is -2.30. The fourth-order valence-electron chi connectivity index (χ4n) is 1.52. The molecule has 1 aromatic carbocycles. The Labute approximate surface area is 124 Å². The summed E-state index contributed by atoms with van der Waals surface area (Å²) >= 11 is 4.82. The molecule has 0 radical (unpaired) electrons. The Morgan fingerprint density at radius 1 is 1.32 bits per heavy atom. The molecule has 2 rings (SSSR count). The van der Waals surface area contributed by atoms with E-state index in [9.17, 15) is 4.79 Å². The second kappa shape index (κ2) is 6.73. The minimum atomic E-state index is 0.0365. The number of hydrogen-bond acceptors (Lipinski definition) is 3. The van der Waals surface area contributed by atoms with Gasteiger partial charge in [-0.1, -0.05) is 22.0 Å². The molecule has 0 aliphatic rings. The minimum absolute atomic E-state index is 0.0365. The van der Waals surface area contributed by atoms with Crippen molar-refractivity contribution in [1.29, 1.82) is 0 Å². The summed E-state index contributed by atoms with van der Waals surface area (Å²) in [5.74, 6) is 0.842. The summed E-state index contributed by atoms with van der Waals surface area (Å²) in [5.41, 5.74) is 0. The summed E-state index contributed by atoms with van der Waals surface area (Å²) in [6, 6.07) is 11.4. The number of carbonyl (C=O) groups is 1. The molecule has 0 N–H and O–H groups in total. The van der Waals surface area contributed by atoms with E-state index in [1.54, 1.807) is 11.9 Å². The van der Waals surface area contributed by atoms with E-state index >= 15 is 0 Å². The molecule has 2 aromatic rings. The van der Waals surface area contributed by atoms with Gasteiger partial charge in [-0.05, 0) is 35.7 Å². The smallest absolute Gasteiger partial charge is 0.263 e. The Hall–Kier alpha value is -1.33. The molecule has 0 saturated carbocycles. The maximum atomic E-state index is 12.0. The van der Waals surface area contributed by atoms with Crippen molar-refractivity contribution < 1.29 is 9.53 Å². The molecule has 0 fully saturated rings. The number of ether oxygens (including phenoxy) is 1. The Bertz CT molecular complexity index is 525. The zero-order valence-electron chi connectivity index (χ0n) is 10.5. The number of likely N-dealkylation sites (N-methyl/N-ethyl adjacent to an activating group) is 1. The number of hydrogen-bond donors (Lipinski definition) is 0. The number of nitrogens with zero attached hydrogens (tertiary/aromatic N) is 1. The van der Waals surface area contributed by atoms with Crippen molar-refractivity contribution >= 4 is 33.2 Å². The number of amides is 1.